The topological polar surface area (TPSA) is 49.4 Å². The summed E-state index contributed by atoms with van der Waals surface area (Å²) in [4.78, 5) is 26.5. The van der Waals surface area contributed by atoms with Gasteiger partial charge in [0.15, 0.2) is 0 Å². The largest absolute Gasteiger partial charge is 0.416 e. The number of hydrogen-bond acceptors (Lipinski definition) is 2. The Kier molecular flexibility index (Phi) is 5.48. The van der Waals surface area contributed by atoms with Gasteiger partial charge < -0.3 is 10.2 Å². The molecule has 142 valence electrons. The normalized spacial score (nSPS) is 14.7. The van der Waals surface area contributed by atoms with Crippen molar-refractivity contribution in [2.75, 3.05) is 18.4 Å². The highest BCUT2D eigenvalue weighted by atomic mass is 19.4. The molecule has 27 heavy (non-hydrogen) atoms. The van der Waals surface area contributed by atoms with Crippen LogP contribution in [-0.4, -0.2) is 29.8 Å². The molecule has 2 amide bonds. The molecule has 3 rings (SSSR count). The number of nitrogens with one attached hydrogen (secondary N) is 1. The molecule has 0 atom stereocenters. The summed E-state index contributed by atoms with van der Waals surface area (Å²) in [6.45, 7) is 1.49. The van der Waals surface area contributed by atoms with E-state index in [2.05, 4.69) is 5.32 Å². The van der Waals surface area contributed by atoms with Crippen LogP contribution in [0.2, 0.25) is 0 Å². The van der Waals surface area contributed by atoms with Crippen LogP contribution in [-0.2, 0) is 6.18 Å². The molecular formula is C20H19F3N2O2. The molecule has 0 aromatic heterocycles. The van der Waals surface area contributed by atoms with E-state index in [0.717, 1.165) is 44.5 Å². The first kappa shape index (κ1) is 18.9. The van der Waals surface area contributed by atoms with Crippen LogP contribution in [0.3, 0.4) is 0 Å². The molecule has 2 aromatic rings. The average molecular weight is 376 g/mol. The molecule has 1 fully saturated rings. The van der Waals surface area contributed by atoms with Gasteiger partial charge in [0.05, 0.1) is 5.56 Å². The molecule has 1 N–H and O–H groups in total. The first-order chi connectivity index (χ1) is 12.8. The van der Waals surface area contributed by atoms with Crippen LogP contribution in [0.15, 0.2) is 48.5 Å². The van der Waals surface area contributed by atoms with E-state index in [4.69, 9.17) is 0 Å². The molecule has 1 aliphatic heterocycles. The zero-order valence-corrected chi connectivity index (χ0v) is 14.6. The minimum Gasteiger partial charge on any atom is -0.339 e. The van der Waals surface area contributed by atoms with Crippen molar-refractivity contribution in [2.24, 2.45) is 0 Å². The van der Waals surface area contributed by atoms with Crippen LogP contribution >= 0.6 is 0 Å². The van der Waals surface area contributed by atoms with Gasteiger partial charge in [-0.1, -0.05) is 0 Å². The van der Waals surface area contributed by atoms with Gasteiger partial charge >= 0.3 is 6.18 Å². The summed E-state index contributed by atoms with van der Waals surface area (Å²) < 4.78 is 37.7. The lowest BCUT2D eigenvalue weighted by Gasteiger charge is -2.26. The second kappa shape index (κ2) is 7.82. The third-order valence-electron chi connectivity index (χ3n) is 4.51. The molecule has 0 aliphatic carbocycles. The zero-order valence-electron chi connectivity index (χ0n) is 14.6. The molecule has 2 aromatic carbocycles. The summed E-state index contributed by atoms with van der Waals surface area (Å²) in [6.07, 6.45) is -1.29. The van der Waals surface area contributed by atoms with Gasteiger partial charge in [0.25, 0.3) is 11.8 Å². The Bertz CT molecular complexity index is 809. The Balaban J connectivity index is 1.64. The fourth-order valence-corrected chi connectivity index (χ4v) is 2.99. The van der Waals surface area contributed by atoms with Crippen molar-refractivity contribution < 1.29 is 22.8 Å². The monoisotopic (exact) mass is 376 g/mol. The van der Waals surface area contributed by atoms with Gasteiger partial charge in [0.1, 0.15) is 0 Å². The minimum absolute atomic E-state index is 0.0515. The van der Waals surface area contributed by atoms with Crippen molar-refractivity contribution in [1.82, 2.24) is 4.90 Å². The quantitative estimate of drug-likeness (QED) is 0.852. The molecule has 1 heterocycles. The number of alkyl halides is 3. The molecule has 4 nitrogen and oxygen atoms in total. The van der Waals surface area contributed by atoms with Gasteiger partial charge in [-0.2, -0.15) is 13.2 Å². The van der Waals surface area contributed by atoms with Crippen molar-refractivity contribution in [2.45, 2.75) is 25.4 Å². The number of carbonyl (C=O) groups is 2. The van der Waals surface area contributed by atoms with Gasteiger partial charge in [0, 0.05) is 29.9 Å². The first-order valence-electron chi connectivity index (χ1n) is 8.72. The van der Waals surface area contributed by atoms with Crippen LogP contribution in [0, 0.1) is 0 Å². The highest BCUT2D eigenvalue weighted by Crippen LogP contribution is 2.29. The number of hydrogen-bond donors (Lipinski definition) is 1. The minimum atomic E-state index is -4.42. The average Bonchev–Trinajstić information content (AvgIpc) is 2.68. The number of anilines is 1. The van der Waals surface area contributed by atoms with Crippen molar-refractivity contribution in [3.8, 4) is 0 Å². The molecular weight excluding hydrogens is 357 g/mol. The Morgan fingerprint density at radius 2 is 1.37 bits per heavy atom. The number of likely N-dealkylation sites (tertiary alicyclic amines) is 1. The van der Waals surface area contributed by atoms with Crippen LogP contribution in [0.4, 0.5) is 18.9 Å². The lowest BCUT2D eigenvalue weighted by atomic mass is 10.1. The van der Waals surface area contributed by atoms with Gasteiger partial charge in [-0.3, -0.25) is 9.59 Å². The molecule has 0 bridgehead atoms. The standard InChI is InChI=1S/C20H19F3N2O2/c21-20(22,23)16-8-10-17(11-9-16)24-18(26)14-4-6-15(7-5-14)19(27)25-12-2-1-3-13-25/h4-11H,1-3,12-13H2,(H,24,26). The van der Waals surface area contributed by atoms with E-state index in [0.29, 0.717) is 11.1 Å². The summed E-state index contributed by atoms with van der Waals surface area (Å²) in [5, 5.41) is 2.55. The van der Waals surface area contributed by atoms with Crippen molar-refractivity contribution >= 4 is 17.5 Å². The highest BCUT2D eigenvalue weighted by molar-refractivity contribution is 6.05. The van der Waals surface area contributed by atoms with E-state index >= 15 is 0 Å². The smallest absolute Gasteiger partial charge is 0.339 e. The van der Waals surface area contributed by atoms with E-state index < -0.39 is 17.6 Å². The molecule has 7 heteroatoms. The molecule has 0 spiro atoms. The van der Waals surface area contributed by atoms with Gasteiger partial charge in [-0.05, 0) is 67.8 Å². The summed E-state index contributed by atoms with van der Waals surface area (Å²) in [5.74, 6) is -0.504. The number of carbonyl (C=O) groups excluding carboxylic acids is 2. The van der Waals surface area contributed by atoms with E-state index in [9.17, 15) is 22.8 Å². The zero-order chi connectivity index (χ0) is 19.4. The summed E-state index contributed by atoms with van der Waals surface area (Å²) >= 11 is 0. The molecule has 0 radical (unpaired) electrons. The molecule has 1 saturated heterocycles. The van der Waals surface area contributed by atoms with Crippen molar-refractivity contribution in [1.29, 1.82) is 0 Å². The van der Waals surface area contributed by atoms with Crippen LogP contribution < -0.4 is 5.32 Å². The van der Waals surface area contributed by atoms with E-state index in [-0.39, 0.29) is 11.6 Å². The van der Waals surface area contributed by atoms with Gasteiger partial charge in [-0.15, -0.1) is 0 Å². The van der Waals surface area contributed by atoms with Crippen LogP contribution in [0.25, 0.3) is 0 Å². The van der Waals surface area contributed by atoms with E-state index in [1.165, 1.54) is 24.3 Å². The summed E-state index contributed by atoms with van der Waals surface area (Å²) in [5.41, 5.74) is 0.329. The second-order valence-corrected chi connectivity index (χ2v) is 6.46. The Morgan fingerprint density at radius 1 is 0.815 bits per heavy atom. The molecule has 0 unspecified atom stereocenters. The fourth-order valence-electron chi connectivity index (χ4n) is 2.99. The van der Waals surface area contributed by atoms with Gasteiger partial charge in [-0.25, -0.2) is 0 Å². The van der Waals surface area contributed by atoms with Crippen molar-refractivity contribution in [3.63, 3.8) is 0 Å². The van der Waals surface area contributed by atoms with Crippen LogP contribution in [0.5, 0.6) is 0 Å². The predicted octanol–water partition coefficient (Wildman–Crippen LogP) is 4.58. The van der Waals surface area contributed by atoms with E-state index in [1.54, 1.807) is 17.0 Å². The third kappa shape index (κ3) is 4.67. The fraction of sp³-hybridized carbons (Fsp3) is 0.300. The van der Waals surface area contributed by atoms with E-state index in [1.807, 2.05) is 0 Å². The summed E-state index contributed by atoms with van der Waals surface area (Å²) in [7, 11) is 0. The second-order valence-electron chi connectivity index (χ2n) is 6.46. The number of benzene rings is 2. The van der Waals surface area contributed by atoms with Crippen molar-refractivity contribution in [3.05, 3.63) is 65.2 Å². The number of piperidine rings is 1. The highest BCUT2D eigenvalue weighted by Gasteiger charge is 2.30. The summed E-state index contributed by atoms with van der Waals surface area (Å²) in [6, 6.07) is 10.5. The first-order valence-corrected chi connectivity index (χ1v) is 8.72. The Labute approximate surface area is 155 Å². The van der Waals surface area contributed by atoms with Crippen LogP contribution in [0.1, 0.15) is 45.5 Å². The Morgan fingerprint density at radius 3 is 1.93 bits per heavy atom. The molecule has 1 aliphatic rings. The number of nitrogens with zero attached hydrogens (tertiary/aromatic N) is 1. The third-order valence-corrected chi connectivity index (χ3v) is 4.51. The number of halogens is 3. The predicted molar refractivity (Wildman–Crippen MR) is 95.6 cm³/mol. The maximum atomic E-state index is 12.6. The number of amides is 2. The SMILES string of the molecule is O=C(Nc1ccc(C(F)(F)F)cc1)c1ccc(C(=O)N2CCCCC2)cc1. The molecule has 0 saturated carbocycles. The lowest BCUT2D eigenvalue weighted by Crippen LogP contribution is -2.35. The Hall–Kier alpha value is -2.83. The lowest BCUT2D eigenvalue weighted by molar-refractivity contribution is -0.137. The number of rotatable bonds is 3. The maximum Gasteiger partial charge on any atom is 0.416 e. The van der Waals surface area contributed by atoms with Gasteiger partial charge in [0.2, 0.25) is 0 Å². The maximum absolute atomic E-state index is 12.6.